The molecule has 0 unspecified atom stereocenters. The second kappa shape index (κ2) is 8.29. The molecule has 0 fully saturated rings. The summed E-state index contributed by atoms with van der Waals surface area (Å²) >= 11 is 0. The fourth-order valence-corrected chi connectivity index (χ4v) is 1.69. The van der Waals surface area contributed by atoms with Crippen molar-refractivity contribution >= 4 is 0 Å². The van der Waals surface area contributed by atoms with E-state index in [0.29, 0.717) is 6.04 Å². The molecule has 18 heavy (non-hydrogen) atoms. The van der Waals surface area contributed by atoms with E-state index in [9.17, 15) is 0 Å². The lowest BCUT2D eigenvalue weighted by atomic mass is 10.2. The van der Waals surface area contributed by atoms with Gasteiger partial charge in [-0.3, -0.25) is 4.90 Å². The highest BCUT2D eigenvalue weighted by Crippen LogP contribution is 2.12. The normalized spacial score (nSPS) is 11.7. The first-order valence-electron chi connectivity index (χ1n) is 6.68. The maximum absolute atomic E-state index is 5.52. The van der Waals surface area contributed by atoms with Gasteiger partial charge in [0.15, 0.2) is 0 Å². The van der Waals surface area contributed by atoms with Crippen molar-refractivity contribution in [2.75, 3.05) is 26.8 Å². The first-order chi connectivity index (χ1) is 8.63. The topological polar surface area (TPSA) is 37.6 Å². The van der Waals surface area contributed by atoms with E-state index in [-0.39, 0.29) is 0 Å². The Kier molecular flexibility index (Phi) is 7.01. The highest BCUT2D eigenvalue weighted by molar-refractivity contribution is 5.16. The third-order valence-corrected chi connectivity index (χ3v) is 2.77. The number of nitrogens with one attached hydrogen (secondary N) is 1. The Morgan fingerprint density at radius 3 is 2.89 bits per heavy atom. The van der Waals surface area contributed by atoms with Crippen molar-refractivity contribution in [1.29, 1.82) is 0 Å². The summed E-state index contributed by atoms with van der Waals surface area (Å²) in [6, 6.07) is 2.52. The average molecular weight is 254 g/mol. The second-order valence-electron chi connectivity index (χ2n) is 4.84. The van der Waals surface area contributed by atoms with Gasteiger partial charge < -0.3 is 14.5 Å². The van der Waals surface area contributed by atoms with Crippen molar-refractivity contribution in [1.82, 2.24) is 10.2 Å². The summed E-state index contributed by atoms with van der Waals surface area (Å²) in [7, 11) is 2.10. The minimum absolute atomic E-state index is 0.471. The monoisotopic (exact) mass is 254 g/mol. The van der Waals surface area contributed by atoms with Crippen molar-refractivity contribution in [3.05, 3.63) is 23.7 Å². The lowest BCUT2D eigenvalue weighted by molar-refractivity contribution is 0.120. The molecule has 1 N–H and O–H groups in total. The molecule has 0 radical (unpaired) electrons. The highest BCUT2D eigenvalue weighted by atomic mass is 16.5. The quantitative estimate of drug-likeness (QED) is 0.686. The van der Waals surface area contributed by atoms with Gasteiger partial charge in [-0.15, -0.1) is 0 Å². The Hall–Kier alpha value is -0.840. The van der Waals surface area contributed by atoms with Crippen molar-refractivity contribution in [2.45, 2.75) is 39.9 Å². The SMILES string of the molecule is CCOCCN(C)Cc1ccoc1CNC(C)C. The van der Waals surface area contributed by atoms with Gasteiger partial charge in [0.1, 0.15) is 5.76 Å². The number of rotatable bonds is 9. The zero-order valence-electron chi connectivity index (χ0n) is 12.0. The van der Waals surface area contributed by atoms with Crippen molar-refractivity contribution < 1.29 is 9.15 Å². The maximum Gasteiger partial charge on any atom is 0.122 e. The summed E-state index contributed by atoms with van der Waals surface area (Å²) in [5.74, 6) is 1.03. The summed E-state index contributed by atoms with van der Waals surface area (Å²) in [6.07, 6.45) is 1.77. The number of hydrogen-bond donors (Lipinski definition) is 1. The number of likely N-dealkylation sites (N-methyl/N-ethyl adjacent to an activating group) is 1. The Labute approximate surface area is 110 Å². The Balaban J connectivity index is 2.38. The summed E-state index contributed by atoms with van der Waals surface area (Å²) < 4.78 is 10.9. The molecule has 1 aromatic rings. The summed E-state index contributed by atoms with van der Waals surface area (Å²) in [5.41, 5.74) is 1.25. The molecular weight excluding hydrogens is 228 g/mol. The van der Waals surface area contributed by atoms with Crippen molar-refractivity contribution in [3.8, 4) is 0 Å². The van der Waals surface area contributed by atoms with Gasteiger partial charge in [0.2, 0.25) is 0 Å². The Bertz CT molecular complexity index is 323. The van der Waals surface area contributed by atoms with Gasteiger partial charge in [0, 0.05) is 31.3 Å². The van der Waals surface area contributed by atoms with Gasteiger partial charge in [-0.05, 0) is 20.0 Å². The van der Waals surface area contributed by atoms with Crippen molar-refractivity contribution in [3.63, 3.8) is 0 Å². The van der Waals surface area contributed by atoms with Crippen LogP contribution in [0.3, 0.4) is 0 Å². The van der Waals surface area contributed by atoms with E-state index in [4.69, 9.17) is 9.15 Å². The number of nitrogens with zero attached hydrogens (tertiary/aromatic N) is 1. The molecular formula is C14H26N2O2. The van der Waals surface area contributed by atoms with E-state index in [0.717, 1.165) is 38.6 Å². The first-order valence-corrected chi connectivity index (χ1v) is 6.68. The fraction of sp³-hybridized carbons (Fsp3) is 0.714. The molecule has 0 saturated heterocycles. The predicted molar refractivity (Wildman–Crippen MR) is 73.5 cm³/mol. The molecule has 0 aliphatic rings. The Morgan fingerprint density at radius 2 is 2.22 bits per heavy atom. The molecule has 4 heteroatoms. The lowest BCUT2D eigenvalue weighted by Crippen LogP contribution is -2.25. The van der Waals surface area contributed by atoms with E-state index < -0.39 is 0 Å². The van der Waals surface area contributed by atoms with Gasteiger partial charge in [0.25, 0.3) is 0 Å². The van der Waals surface area contributed by atoms with Gasteiger partial charge in [-0.2, -0.15) is 0 Å². The lowest BCUT2D eigenvalue weighted by Gasteiger charge is -2.16. The largest absolute Gasteiger partial charge is 0.468 e. The first kappa shape index (κ1) is 15.2. The summed E-state index contributed by atoms with van der Waals surface area (Å²) in [4.78, 5) is 2.25. The number of hydrogen-bond acceptors (Lipinski definition) is 4. The third kappa shape index (κ3) is 5.67. The molecule has 0 aliphatic carbocycles. The molecule has 0 spiro atoms. The minimum Gasteiger partial charge on any atom is -0.468 e. The average Bonchev–Trinajstić information content (AvgIpc) is 2.74. The van der Waals surface area contributed by atoms with Gasteiger partial charge in [0.05, 0.1) is 19.4 Å². The third-order valence-electron chi connectivity index (χ3n) is 2.77. The summed E-state index contributed by atoms with van der Waals surface area (Å²) in [5, 5.41) is 3.38. The predicted octanol–water partition coefficient (Wildman–Crippen LogP) is 2.25. The van der Waals surface area contributed by atoms with E-state index >= 15 is 0 Å². The van der Waals surface area contributed by atoms with E-state index in [1.165, 1.54) is 5.56 Å². The van der Waals surface area contributed by atoms with Crippen LogP contribution in [0.2, 0.25) is 0 Å². The standard InChI is InChI=1S/C14H26N2O2/c1-5-17-9-7-16(4)11-13-6-8-18-14(13)10-15-12(2)3/h6,8,12,15H,5,7,9-11H2,1-4H3. The van der Waals surface area contributed by atoms with E-state index in [1.54, 1.807) is 6.26 Å². The van der Waals surface area contributed by atoms with Crippen LogP contribution in [-0.2, 0) is 17.8 Å². The van der Waals surface area contributed by atoms with Crippen LogP contribution in [0.15, 0.2) is 16.7 Å². The summed E-state index contributed by atoms with van der Waals surface area (Å²) in [6.45, 7) is 10.5. The molecule has 0 saturated carbocycles. The van der Waals surface area contributed by atoms with Crippen LogP contribution in [0.1, 0.15) is 32.1 Å². The highest BCUT2D eigenvalue weighted by Gasteiger charge is 2.09. The van der Waals surface area contributed by atoms with Crippen LogP contribution in [0.5, 0.6) is 0 Å². The van der Waals surface area contributed by atoms with E-state index in [1.807, 2.05) is 6.92 Å². The molecule has 1 rings (SSSR count). The van der Waals surface area contributed by atoms with Crippen LogP contribution in [0, 0.1) is 0 Å². The van der Waals surface area contributed by atoms with Crippen molar-refractivity contribution in [2.24, 2.45) is 0 Å². The van der Waals surface area contributed by atoms with Crippen LogP contribution >= 0.6 is 0 Å². The van der Waals surface area contributed by atoms with E-state index in [2.05, 4.69) is 37.2 Å². The minimum atomic E-state index is 0.471. The zero-order valence-corrected chi connectivity index (χ0v) is 12.0. The Morgan fingerprint density at radius 1 is 1.44 bits per heavy atom. The smallest absolute Gasteiger partial charge is 0.122 e. The molecule has 1 heterocycles. The molecule has 0 aliphatic heterocycles. The maximum atomic E-state index is 5.52. The second-order valence-corrected chi connectivity index (χ2v) is 4.84. The molecule has 0 bridgehead atoms. The van der Waals surface area contributed by atoms with Crippen LogP contribution in [-0.4, -0.2) is 37.7 Å². The van der Waals surface area contributed by atoms with Gasteiger partial charge in [-0.1, -0.05) is 13.8 Å². The molecule has 0 atom stereocenters. The molecule has 4 nitrogen and oxygen atoms in total. The molecule has 1 aromatic heterocycles. The number of ether oxygens (including phenoxy) is 1. The molecule has 0 amide bonds. The fourth-order valence-electron chi connectivity index (χ4n) is 1.69. The van der Waals surface area contributed by atoms with Crippen LogP contribution < -0.4 is 5.32 Å². The zero-order chi connectivity index (χ0) is 13.4. The van der Waals surface area contributed by atoms with Gasteiger partial charge in [-0.25, -0.2) is 0 Å². The van der Waals surface area contributed by atoms with Gasteiger partial charge >= 0.3 is 0 Å². The molecule has 104 valence electrons. The van der Waals surface area contributed by atoms with Crippen LogP contribution in [0.4, 0.5) is 0 Å². The van der Waals surface area contributed by atoms with Crippen LogP contribution in [0.25, 0.3) is 0 Å². The molecule has 0 aromatic carbocycles. The number of furan rings is 1.